The first-order valence-corrected chi connectivity index (χ1v) is 8.87. The zero-order chi connectivity index (χ0) is 18.9. The highest BCUT2D eigenvalue weighted by Gasteiger charge is 2.16. The van der Waals surface area contributed by atoms with Gasteiger partial charge in [-0.3, -0.25) is 4.79 Å². The predicted octanol–water partition coefficient (Wildman–Crippen LogP) is 3.03. The van der Waals surface area contributed by atoms with Crippen LogP contribution >= 0.6 is 11.3 Å². The molecule has 0 radical (unpaired) electrons. The lowest BCUT2D eigenvalue weighted by Crippen LogP contribution is -2.35. The second-order valence-corrected chi connectivity index (χ2v) is 6.16. The summed E-state index contributed by atoms with van der Waals surface area (Å²) >= 11 is 1.54. The number of carbonyl (C=O) groups excluding carboxylic acids is 2. The largest absolute Gasteiger partial charge is 0.493 e. The number of methoxy groups -OCH3 is 2. The summed E-state index contributed by atoms with van der Waals surface area (Å²) in [5, 5.41) is 6.55. The maximum absolute atomic E-state index is 12.1. The van der Waals surface area contributed by atoms with Crippen LogP contribution in [0.4, 0.5) is 0 Å². The second kappa shape index (κ2) is 9.62. The standard InChI is InChI=1S/C19H21NO5S/c1-13(25-18(21)7-5-14-8-9-26-12-14)19(22)20-11-15-4-6-16(23-2)17(10-15)24-3/h4-10,12-13H,11H2,1-3H3,(H,20,22)/b7-5+/t13-/m1/s1. The number of ether oxygens (including phenoxy) is 3. The van der Waals surface area contributed by atoms with Gasteiger partial charge in [-0.2, -0.15) is 11.3 Å². The fourth-order valence-corrected chi connectivity index (χ4v) is 2.75. The molecule has 2 rings (SSSR count). The van der Waals surface area contributed by atoms with Crippen molar-refractivity contribution in [1.82, 2.24) is 5.32 Å². The Labute approximate surface area is 156 Å². The molecule has 0 aliphatic rings. The van der Waals surface area contributed by atoms with Crippen molar-refractivity contribution < 1.29 is 23.8 Å². The first-order chi connectivity index (χ1) is 12.5. The number of hydrogen-bond donors (Lipinski definition) is 1. The van der Waals surface area contributed by atoms with Crippen molar-refractivity contribution >= 4 is 29.3 Å². The van der Waals surface area contributed by atoms with E-state index in [-0.39, 0.29) is 12.5 Å². The molecular formula is C19H21NO5S. The number of rotatable bonds is 8. The topological polar surface area (TPSA) is 73.9 Å². The number of thiophene rings is 1. The molecule has 0 aliphatic carbocycles. The van der Waals surface area contributed by atoms with Crippen LogP contribution in [0.15, 0.2) is 41.1 Å². The normalized spacial score (nSPS) is 11.8. The van der Waals surface area contributed by atoms with Crippen LogP contribution in [0.3, 0.4) is 0 Å². The van der Waals surface area contributed by atoms with Crippen LogP contribution in [0.2, 0.25) is 0 Å². The third-order valence-corrected chi connectivity index (χ3v) is 4.23. The zero-order valence-corrected chi connectivity index (χ0v) is 15.7. The minimum absolute atomic E-state index is 0.284. The van der Waals surface area contributed by atoms with Crippen molar-refractivity contribution in [2.24, 2.45) is 0 Å². The van der Waals surface area contributed by atoms with Crippen molar-refractivity contribution in [2.45, 2.75) is 19.6 Å². The van der Waals surface area contributed by atoms with E-state index < -0.39 is 12.1 Å². The SMILES string of the molecule is COc1ccc(CNC(=O)[C@@H](C)OC(=O)/C=C/c2ccsc2)cc1OC. The summed E-state index contributed by atoms with van der Waals surface area (Å²) in [5.41, 5.74) is 1.75. The van der Waals surface area contributed by atoms with E-state index in [0.29, 0.717) is 11.5 Å². The summed E-state index contributed by atoms with van der Waals surface area (Å²) in [7, 11) is 3.10. The third-order valence-electron chi connectivity index (χ3n) is 3.53. The molecular weight excluding hydrogens is 354 g/mol. The molecule has 1 amide bonds. The van der Waals surface area contributed by atoms with E-state index in [1.807, 2.05) is 22.9 Å². The van der Waals surface area contributed by atoms with E-state index in [2.05, 4.69) is 5.32 Å². The van der Waals surface area contributed by atoms with E-state index >= 15 is 0 Å². The fourth-order valence-electron chi connectivity index (χ4n) is 2.12. The van der Waals surface area contributed by atoms with Crippen LogP contribution in [0.1, 0.15) is 18.1 Å². The Kier molecular flexibility index (Phi) is 7.23. The van der Waals surface area contributed by atoms with Crippen molar-refractivity contribution in [3.05, 3.63) is 52.2 Å². The quantitative estimate of drug-likeness (QED) is 0.567. The maximum atomic E-state index is 12.1. The lowest BCUT2D eigenvalue weighted by molar-refractivity contribution is -0.150. The van der Waals surface area contributed by atoms with Gasteiger partial charge in [-0.05, 0) is 53.1 Å². The van der Waals surface area contributed by atoms with Crippen LogP contribution in [-0.2, 0) is 20.9 Å². The molecule has 0 fully saturated rings. The molecule has 0 spiro atoms. The molecule has 0 unspecified atom stereocenters. The molecule has 7 heteroatoms. The molecule has 6 nitrogen and oxygen atoms in total. The second-order valence-electron chi connectivity index (χ2n) is 5.38. The van der Waals surface area contributed by atoms with Gasteiger partial charge in [0.05, 0.1) is 14.2 Å². The lowest BCUT2D eigenvalue weighted by Gasteiger charge is -2.13. The average molecular weight is 375 g/mol. The van der Waals surface area contributed by atoms with Gasteiger partial charge in [0.2, 0.25) is 0 Å². The van der Waals surface area contributed by atoms with Gasteiger partial charge in [0.15, 0.2) is 17.6 Å². The van der Waals surface area contributed by atoms with Gasteiger partial charge >= 0.3 is 5.97 Å². The van der Waals surface area contributed by atoms with Crippen LogP contribution in [0.25, 0.3) is 6.08 Å². The molecule has 26 heavy (non-hydrogen) atoms. The van der Waals surface area contributed by atoms with E-state index in [9.17, 15) is 9.59 Å². The summed E-state index contributed by atoms with van der Waals surface area (Å²) in [6.07, 6.45) is 2.06. The van der Waals surface area contributed by atoms with Crippen molar-refractivity contribution in [3.8, 4) is 11.5 Å². The minimum atomic E-state index is -0.894. The average Bonchev–Trinajstić information content (AvgIpc) is 3.17. The summed E-state index contributed by atoms with van der Waals surface area (Å²) < 4.78 is 15.5. The van der Waals surface area contributed by atoms with Gasteiger partial charge in [0.25, 0.3) is 5.91 Å². The Morgan fingerprint density at radius 3 is 2.62 bits per heavy atom. The van der Waals surface area contributed by atoms with Crippen LogP contribution < -0.4 is 14.8 Å². The Hall–Kier alpha value is -2.80. The highest BCUT2D eigenvalue weighted by molar-refractivity contribution is 7.08. The van der Waals surface area contributed by atoms with E-state index in [1.54, 1.807) is 32.4 Å². The summed E-state index contributed by atoms with van der Waals surface area (Å²) in [4.78, 5) is 23.9. The van der Waals surface area contributed by atoms with Gasteiger partial charge in [-0.25, -0.2) is 4.79 Å². The van der Waals surface area contributed by atoms with Crippen LogP contribution in [0.5, 0.6) is 11.5 Å². The highest BCUT2D eigenvalue weighted by atomic mass is 32.1. The molecule has 0 aliphatic heterocycles. The first-order valence-electron chi connectivity index (χ1n) is 7.93. The van der Waals surface area contributed by atoms with Crippen LogP contribution in [0, 0.1) is 0 Å². The molecule has 1 heterocycles. The molecule has 1 aromatic heterocycles. The Morgan fingerprint density at radius 2 is 1.96 bits per heavy atom. The number of nitrogens with one attached hydrogen (secondary N) is 1. The smallest absolute Gasteiger partial charge is 0.331 e. The minimum Gasteiger partial charge on any atom is -0.493 e. The molecule has 1 atom stereocenters. The fraction of sp³-hybridized carbons (Fsp3) is 0.263. The molecule has 1 aromatic carbocycles. The predicted molar refractivity (Wildman–Crippen MR) is 100 cm³/mol. The van der Waals surface area contributed by atoms with E-state index in [4.69, 9.17) is 14.2 Å². The Bertz CT molecular complexity index is 770. The van der Waals surface area contributed by atoms with E-state index in [1.165, 1.54) is 24.3 Å². The molecule has 0 saturated carbocycles. The molecule has 138 valence electrons. The number of hydrogen-bond acceptors (Lipinski definition) is 6. The summed E-state index contributed by atoms with van der Waals surface area (Å²) in [5.74, 6) is 0.251. The molecule has 0 saturated heterocycles. The Morgan fingerprint density at radius 1 is 1.19 bits per heavy atom. The molecule has 2 aromatic rings. The van der Waals surface area contributed by atoms with Gasteiger partial charge in [0, 0.05) is 12.6 Å². The van der Waals surface area contributed by atoms with E-state index in [0.717, 1.165) is 11.1 Å². The highest BCUT2D eigenvalue weighted by Crippen LogP contribution is 2.27. The maximum Gasteiger partial charge on any atom is 0.331 e. The van der Waals surface area contributed by atoms with Gasteiger partial charge in [-0.1, -0.05) is 6.07 Å². The van der Waals surface area contributed by atoms with Crippen molar-refractivity contribution in [3.63, 3.8) is 0 Å². The van der Waals surface area contributed by atoms with Crippen molar-refractivity contribution in [2.75, 3.05) is 14.2 Å². The summed E-state index contributed by atoms with van der Waals surface area (Å²) in [6, 6.07) is 7.24. The monoisotopic (exact) mass is 375 g/mol. The van der Waals surface area contributed by atoms with Gasteiger partial charge in [-0.15, -0.1) is 0 Å². The zero-order valence-electron chi connectivity index (χ0n) is 14.9. The lowest BCUT2D eigenvalue weighted by atomic mass is 10.2. The van der Waals surface area contributed by atoms with Crippen LogP contribution in [-0.4, -0.2) is 32.2 Å². The first kappa shape index (κ1) is 19.5. The number of esters is 1. The number of carbonyl (C=O) groups is 2. The summed E-state index contributed by atoms with van der Waals surface area (Å²) in [6.45, 7) is 1.81. The van der Waals surface area contributed by atoms with Crippen molar-refractivity contribution in [1.29, 1.82) is 0 Å². The van der Waals surface area contributed by atoms with Gasteiger partial charge in [0.1, 0.15) is 0 Å². The molecule has 1 N–H and O–H groups in total. The Balaban J connectivity index is 1.84. The third kappa shape index (κ3) is 5.63. The van der Waals surface area contributed by atoms with Gasteiger partial charge < -0.3 is 19.5 Å². The molecule has 0 bridgehead atoms. The number of amides is 1. The number of benzene rings is 1.